The van der Waals surface area contributed by atoms with Crippen LogP contribution in [0.1, 0.15) is 43.7 Å². The van der Waals surface area contributed by atoms with Crippen molar-refractivity contribution < 1.29 is 14.1 Å². The van der Waals surface area contributed by atoms with E-state index >= 15 is 0 Å². The molecule has 0 saturated heterocycles. The number of aromatic nitrogens is 2. The Bertz CT molecular complexity index is 935. The second-order valence-electron chi connectivity index (χ2n) is 7.05. The number of benzene rings is 2. The molecular weight excluding hydrogens is 354 g/mol. The first-order chi connectivity index (χ1) is 13.4. The molecule has 6 nitrogen and oxygen atoms in total. The van der Waals surface area contributed by atoms with Crippen LogP contribution in [-0.2, 0) is 11.3 Å². The smallest absolute Gasteiger partial charge is 0.261 e. The third-order valence-corrected chi connectivity index (χ3v) is 4.38. The molecule has 3 aromatic rings. The molecule has 3 rings (SSSR count). The van der Waals surface area contributed by atoms with E-state index in [1.807, 2.05) is 55.5 Å². The van der Waals surface area contributed by atoms with Gasteiger partial charge >= 0.3 is 0 Å². The first kappa shape index (κ1) is 19.6. The summed E-state index contributed by atoms with van der Waals surface area (Å²) in [6.45, 7) is 8.08. The van der Waals surface area contributed by atoms with Crippen LogP contribution in [0, 0.1) is 6.92 Å². The summed E-state index contributed by atoms with van der Waals surface area (Å²) in [5.74, 6) is 1.64. The van der Waals surface area contributed by atoms with Gasteiger partial charge in [0.05, 0.1) is 6.54 Å². The zero-order valence-electron chi connectivity index (χ0n) is 16.6. The van der Waals surface area contributed by atoms with Gasteiger partial charge in [-0.2, -0.15) is 4.98 Å². The van der Waals surface area contributed by atoms with Gasteiger partial charge in [0.2, 0.25) is 11.7 Å². The van der Waals surface area contributed by atoms with Crippen LogP contribution in [0.4, 0.5) is 0 Å². The van der Waals surface area contributed by atoms with Crippen molar-refractivity contribution >= 4 is 5.91 Å². The summed E-state index contributed by atoms with van der Waals surface area (Å²) in [5, 5.41) is 6.74. The highest BCUT2D eigenvalue weighted by Gasteiger charge is 2.18. The van der Waals surface area contributed by atoms with E-state index in [0.29, 0.717) is 17.6 Å². The van der Waals surface area contributed by atoms with Crippen LogP contribution in [0.2, 0.25) is 0 Å². The van der Waals surface area contributed by atoms with E-state index < -0.39 is 6.10 Å². The standard InChI is InChI=1S/C22H25N3O3/c1-14(2)18-11-10-15(3)12-19(18)27-16(4)22(26)23-13-20-24-21(25-28-20)17-8-6-5-7-9-17/h5-12,14,16H,13H2,1-4H3,(H,23,26)/t16-/m0/s1. The fourth-order valence-electron chi connectivity index (χ4n) is 2.80. The molecule has 0 aliphatic heterocycles. The lowest BCUT2D eigenvalue weighted by molar-refractivity contribution is -0.127. The van der Waals surface area contributed by atoms with Gasteiger partial charge in [-0.15, -0.1) is 0 Å². The van der Waals surface area contributed by atoms with E-state index in [9.17, 15) is 4.79 Å². The van der Waals surface area contributed by atoms with E-state index in [1.165, 1.54) is 0 Å². The van der Waals surface area contributed by atoms with Crippen molar-refractivity contribution in [3.8, 4) is 17.1 Å². The van der Waals surface area contributed by atoms with Crippen molar-refractivity contribution in [1.29, 1.82) is 0 Å². The number of amides is 1. The number of hydrogen-bond acceptors (Lipinski definition) is 5. The largest absolute Gasteiger partial charge is 0.481 e. The van der Waals surface area contributed by atoms with E-state index in [4.69, 9.17) is 9.26 Å². The van der Waals surface area contributed by atoms with Crippen LogP contribution < -0.4 is 10.1 Å². The Morgan fingerprint density at radius 2 is 1.89 bits per heavy atom. The van der Waals surface area contributed by atoms with Crippen LogP contribution >= 0.6 is 0 Å². The molecule has 28 heavy (non-hydrogen) atoms. The third-order valence-electron chi connectivity index (χ3n) is 4.38. The number of hydrogen-bond donors (Lipinski definition) is 1. The maximum Gasteiger partial charge on any atom is 0.261 e. The van der Waals surface area contributed by atoms with Gasteiger partial charge in [0.15, 0.2) is 6.10 Å². The number of nitrogens with one attached hydrogen (secondary N) is 1. The summed E-state index contributed by atoms with van der Waals surface area (Å²) in [6.07, 6.45) is -0.643. The van der Waals surface area contributed by atoms with Gasteiger partial charge in [-0.25, -0.2) is 0 Å². The predicted molar refractivity (Wildman–Crippen MR) is 107 cm³/mol. The van der Waals surface area contributed by atoms with Crippen molar-refractivity contribution in [3.63, 3.8) is 0 Å². The maximum absolute atomic E-state index is 12.4. The minimum absolute atomic E-state index is 0.150. The highest BCUT2D eigenvalue weighted by molar-refractivity contribution is 5.80. The normalized spacial score (nSPS) is 12.0. The maximum atomic E-state index is 12.4. The minimum atomic E-state index is -0.643. The van der Waals surface area contributed by atoms with Crippen molar-refractivity contribution in [2.45, 2.75) is 46.3 Å². The Kier molecular flexibility index (Phi) is 6.09. The molecule has 0 saturated carbocycles. The van der Waals surface area contributed by atoms with E-state index in [-0.39, 0.29) is 12.5 Å². The first-order valence-corrected chi connectivity index (χ1v) is 9.37. The summed E-state index contributed by atoms with van der Waals surface area (Å²) in [6, 6.07) is 15.6. The molecule has 0 fully saturated rings. The molecule has 0 unspecified atom stereocenters. The summed E-state index contributed by atoms with van der Waals surface area (Å²) in [4.78, 5) is 16.7. The van der Waals surface area contributed by atoms with Crippen LogP contribution in [0.25, 0.3) is 11.4 Å². The fourth-order valence-corrected chi connectivity index (χ4v) is 2.80. The van der Waals surface area contributed by atoms with Gasteiger partial charge in [-0.05, 0) is 37.0 Å². The van der Waals surface area contributed by atoms with Crippen molar-refractivity contribution in [2.75, 3.05) is 0 Å². The predicted octanol–water partition coefficient (Wildman–Crippen LogP) is 4.25. The fraction of sp³-hybridized carbons (Fsp3) is 0.318. The Morgan fingerprint density at radius 3 is 2.61 bits per heavy atom. The molecule has 0 aliphatic rings. The average Bonchev–Trinajstić information content (AvgIpc) is 3.15. The average molecular weight is 379 g/mol. The zero-order chi connectivity index (χ0) is 20.1. The Hall–Kier alpha value is -3.15. The molecule has 0 spiro atoms. The van der Waals surface area contributed by atoms with E-state index in [0.717, 1.165) is 22.4 Å². The zero-order valence-corrected chi connectivity index (χ0v) is 16.6. The van der Waals surface area contributed by atoms with Crippen molar-refractivity contribution in [2.24, 2.45) is 0 Å². The van der Waals surface area contributed by atoms with Crippen molar-refractivity contribution in [3.05, 3.63) is 65.5 Å². The lowest BCUT2D eigenvalue weighted by Gasteiger charge is -2.19. The van der Waals surface area contributed by atoms with Crippen LogP contribution in [0.5, 0.6) is 5.75 Å². The van der Waals surface area contributed by atoms with Gasteiger partial charge in [0.25, 0.3) is 5.91 Å². The number of aryl methyl sites for hydroxylation is 1. The SMILES string of the molecule is Cc1ccc(C(C)C)c(O[C@@H](C)C(=O)NCc2nc(-c3ccccc3)no2)c1. The third kappa shape index (κ3) is 4.76. The van der Waals surface area contributed by atoms with Crippen LogP contribution in [-0.4, -0.2) is 22.2 Å². The second-order valence-corrected chi connectivity index (χ2v) is 7.05. The molecule has 1 aromatic heterocycles. The molecule has 1 heterocycles. The monoisotopic (exact) mass is 379 g/mol. The summed E-state index contributed by atoms with van der Waals surface area (Å²) in [5.41, 5.74) is 3.03. The lowest BCUT2D eigenvalue weighted by Crippen LogP contribution is -2.36. The molecular formula is C22H25N3O3. The minimum Gasteiger partial charge on any atom is -0.481 e. The Labute approximate surface area is 164 Å². The van der Waals surface area contributed by atoms with Crippen LogP contribution in [0.3, 0.4) is 0 Å². The number of ether oxygens (including phenoxy) is 1. The molecule has 0 radical (unpaired) electrons. The van der Waals surface area contributed by atoms with Gasteiger partial charge in [-0.3, -0.25) is 4.79 Å². The molecule has 1 N–H and O–H groups in total. The highest BCUT2D eigenvalue weighted by Crippen LogP contribution is 2.28. The molecule has 146 valence electrons. The van der Waals surface area contributed by atoms with Gasteiger partial charge in [-0.1, -0.05) is 61.5 Å². The molecule has 0 aliphatic carbocycles. The van der Waals surface area contributed by atoms with Crippen molar-refractivity contribution in [1.82, 2.24) is 15.5 Å². The number of rotatable bonds is 7. The second kappa shape index (κ2) is 8.69. The lowest BCUT2D eigenvalue weighted by atomic mass is 10.0. The molecule has 0 bridgehead atoms. The molecule has 1 amide bonds. The van der Waals surface area contributed by atoms with Gasteiger partial charge in [0.1, 0.15) is 5.75 Å². The molecule has 6 heteroatoms. The summed E-state index contributed by atoms with van der Waals surface area (Å²) < 4.78 is 11.2. The van der Waals surface area contributed by atoms with Crippen LogP contribution in [0.15, 0.2) is 53.1 Å². The summed E-state index contributed by atoms with van der Waals surface area (Å²) >= 11 is 0. The van der Waals surface area contributed by atoms with E-state index in [1.54, 1.807) is 6.92 Å². The highest BCUT2D eigenvalue weighted by atomic mass is 16.5. The molecule has 1 atom stereocenters. The molecule has 2 aromatic carbocycles. The quantitative estimate of drug-likeness (QED) is 0.664. The van der Waals surface area contributed by atoms with E-state index in [2.05, 4.69) is 29.3 Å². The number of carbonyl (C=O) groups is 1. The Balaban J connectivity index is 1.60. The topological polar surface area (TPSA) is 77.2 Å². The number of carbonyl (C=O) groups excluding carboxylic acids is 1. The Morgan fingerprint density at radius 1 is 1.14 bits per heavy atom. The van der Waals surface area contributed by atoms with Gasteiger partial charge < -0.3 is 14.6 Å². The van der Waals surface area contributed by atoms with Gasteiger partial charge in [0, 0.05) is 5.56 Å². The first-order valence-electron chi connectivity index (χ1n) is 9.37. The summed E-state index contributed by atoms with van der Waals surface area (Å²) in [7, 11) is 0. The number of nitrogens with zero attached hydrogens (tertiary/aromatic N) is 2.